The van der Waals surface area contributed by atoms with Gasteiger partial charge in [-0.15, -0.1) is 0 Å². The molecule has 0 fully saturated rings. The van der Waals surface area contributed by atoms with Crippen molar-refractivity contribution >= 4 is 21.9 Å². The Morgan fingerprint density at radius 3 is 2.52 bits per heavy atom. The molecule has 0 amide bonds. The van der Waals surface area contributed by atoms with Gasteiger partial charge in [-0.3, -0.25) is 4.99 Å². The summed E-state index contributed by atoms with van der Waals surface area (Å²) in [5.74, 6) is 2.09. The molecule has 1 aromatic rings. The van der Waals surface area contributed by atoms with Crippen LogP contribution in [0, 0.1) is 0 Å². The highest BCUT2D eigenvalue weighted by Gasteiger charge is 2.10. The second-order valence-electron chi connectivity index (χ2n) is 4.16. The van der Waals surface area contributed by atoms with Gasteiger partial charge in [0.15, 0.2) is 17.5 Å². The van der Waals surface area contributed by atoms with Crippen molar-refractivity contribution in [1.29, 1.82) is 0 Å². The minimum Gasteiger partial charge on any atom is -0.493 e. The van der Waals surface area contributed by atoms with Crippen LogP contribution in [0.4, 0.5) is 0 Å². The van der Waals surface area contributed by atoms with Crippen molar-refractivity contribution < 1.29 is 14.2 Å². The van der Waals surface area contributed by atoms with Crippen LogP contribution in [0.15, 0.2) is 21.6 Å². The molecule has 1 aromatic carbocycles. The summed E-state index contributed by atoms with van der Waals surface area (Å²) >= 11 is 3.48. The molecule has 118 valence electrons. The van der Waals surface area contributed by atoms with E-state index >= 15 is 0 Å². The van der Waals surface area contributed by atoms with E-state index in [0.717, 1.165) is 16.0 Å². The first kappa shape index (κ1) is 17.6. The molecule has 0 heterocycles. The Kier molecular flexibility index (Phi) is 7.92. The van der Waals surface area contributed by atoms with Crippen molar-refractivity contribution in [2.45, 2.75) is 6.54 Å². The van der Waals surface area contributed by atoms with Crippen molar-refractivity contribution in [3.63, 3.8) is 0 Å². The lowest BCUT2D eigenvalue weighted by atomic mass is 10.2. The maximum absolute atomic E-state index is 5.33. The van der Waals surface area contributed by atoms with E-state index < -0.39 is 0 Å². The molecule has 0 unspecified atom stereocenters. The second kappa shape index (κ2) is 9.46. The standard InChI is InChI=1S/C14H22BrN3O3/c1-16-14(17-5-6-19-2)18-9-10-7-11(15)13(21-4)12(8-10)20-3/h7-8H,5-6,9H2,1-4H3,(H2,16,17,18). The molecule has 2 N–H and O–H groups in total. The fraction of sp³-hybridized carbons (Fsp3) is 0.500. The lowest BCUT2D eigenvalue weighted by Gasteiger charge is -2.14. The van der Waals surface area contributed by atoms with Crippen LogP contribution in [0.1, 0.15) is 5.56 Å². The summed E-state index contributed by atoms with van der Waals surface area (Å²) < 4.78 is 16.5. The van der Waals surface area contributed by atoms with E-state index in [1.165, 1.54) is 0 Å². The van der Waals surface area contributed by atoms with Gasteiger partial charge in [-0.25, -0.2) is 0 Å². The van der Waals surface area contributed by atoms with E-state index in [1.54, 1.807) is 28.4 Å². The number of ether oxygens (including phenoxy) is 3. The Morgan fingerprint density at radius 1 is 1.19 bits per heavy atom. The smallest absolute Gasteiger partial charge is 0.191 e. The number of halogens is 1. The molecular formula is C14H22BrN3O3. The van der Waals surface area contributed by atoms with E-state index in [4.69, 9.17) is 14.2 Å². The highest BCUT2D eigenvalue weighted by molar-refractivity contribution is 9.10. The number of aliphatic imine (C=N–C) groups is 1. The molecular weight excluding hydrogens is 338 g/mol. The zero-order valence-corrected chi connectivity index (χ0v) is 14.4. The van der Waals surface area contributed by atoms with Crippen LogP contribution in [0.5, 0.6) is 11.5 Å². The minimum atomic E-state index is 0.617. The molecule has 0 saturated carbocycles. The van der Waals surface area contributed by atoms with Crippen molar-refractivity contribution in [1.82, 2.24) is 10.6 Å². The summed E-state index contributed by atoms with van der Waals surface area (Å²) in [6.45, 7) is 1.94. The van der Waals surface area contributed by atoms with Crippen molar-refractivity contribution in [2.24, 2.45) is 4.99 Å². The van der Waals surface area contributed by atoms with Gasteiger partial charge in [-0.05, 0) is 33.6 Å². The molecule has 7 heteroatoms. The third kappa shape index (κ3) is 5.43. The summed E-state index contributed by atoms with van der Waals surface area (Å²) in [6, 6.07) is 3.91. The van der Waals surface area contributed by atoms with E-state index in [1.807, 2.05) is 12.1 Å². The SMILES string of the molecule is CN=C(NCCOC)NCc1cc(Br)c(OC)c(OC)c1. The highest BCUT2D eigenvalue weighted by atomic mass is 79.9. The Balaban J connectivity index is 2.68. The molecule has 0 aromatic heterocycles. The molecule has 0 aliphatic rings. The third-order valence-electron chi connectivity index (χ3n) is 2.78. The van der Waals surface area contributed by atoms with Gasteiger partial charge in [-0.1, -0.05) is 0 Å². The molecule has 0 radical (unpaired) electrons. The average molecular weight is 360 g/mol. The van der Waals surface area contributed by atoms with Gasteiger partial charge in [0.05, 0.1) is 25.3 Å². The van der Waals surface area contributed by atoms with Gasteiger partial charge in [-0.2, -0.15) is 0 Å². The normalized spacial score (nSPS) is 11.2. The number of nitrogens with one attached hydrogen (secondary N) is 2. The zero-order chi connectivity index (χ0) is 15.7. The molecule has 0 aliphatic heterocycles. The molecule has 0 atom stereocenters. The van der Waals surface area contributed by atoms with Crippen molar-refractivity contribution in [3.8, 4) is 11.5 Å². The highest BCUT2D eigenvalue weighted by Crippen LogP contribution is 2.36. The van der Waals surface area contributed by atoms with Gasteiger partial charge in [0.1, 0.15) is 0 Å². The Morgan fingerprint density at radius 2 is 1.95 bits per heavy atom. The van der Waals surface area contributed by atoms with E-state index in [-0.39, 0.29) is 0 Å². The Hall–Kier alpha value is -1.47. The quantitative estimate of drug-likeness (QED) is 0.441. The van der Waals surface area contributed by atoms with Crippen LogP contribution in [0.25, 0.3) is 0 Å². The van der Waals surface area contributed by atoms with E-state index in [9.17, 15) is 0 Å². The predicted octanol–water partition coefficient (Wildman–Crippen LogP) is 1.78. The number of rotatable bonds is 7. The lowest BCUT2D eigenvalue weighted by molar-refractivity contribution is 0.203. The van der Waals surface area contributed by atoms with Gasteiger partial charge < -0.3 is 24.8 Å². The first-order valence-corrected chi connectivity index (χ1v) is 7.29. The van der Waals surface area contributed by atoms with Crippen molar-refractivity contribution in [2.75, 3.05) is 41.5 Å². The molecule has 0 aliphatic carbocycles. The number of benzene rings is 1. The molecule has 0 saturated heterocycles. The molecule has 1 rings (SSSR count). The maximum atomic E-state index is 5.33. The average Bonchev–Trinajstić information content (AvgIpc) is 2.50. The van der Waals surface area contributed by atoms with Gasteiger partial charge >= 0.3 is 0 Å². The third-order valence-corrected chi connectivity index (χ3v) is 3.36. The summed E-state index contributed by atoms with van der Waals surface area (Å²) in [6.07, 6.45) is 0. The molecule has 6 nitrogen and oxygen atoms in total. The second-order valence-corrected chi connectivity index (χ2v) is 5.01. The lowest BCUT2D eigenvalue weighted by Crippen LogP contribution is -2.38. The minimum absolute atomic E-state index is 0.617. The van der Waals surface area contributed by atoms with Gasteiger partial charge in [0, 0.05) is 27.2 Å². The fourth-order valence-electron chi connectivity index (χ4n) is 1.75. The molecule has 0 bridgehead atoms. The molecule has 0 spiro atoms. The first-order valence-electron chi connectivity index (χ1n) is 6.50. The first-order chi connectivity index (χ1) is 10.2. The number of hydrogen-bond acceptors (Lipinski definition) is 4. The van der Waals surface area contributed by atoms with E-state index in [2.05, 4.69) is 31.6 Å². The van der Waals surface area contributed by atoms with Crippen LogP contribution >= 0.6 is 15.9 Å². The van der Waals surface area contributed by atoms with Gasteiger partial charge in [0.25, 0.3) is 0 Å². The topological polar surface area (TPSA) is 64.1 Å². The maximum Gasteiger partial charge on any atom is 0.191 e. The van der Waals surface area contributed by atoms with Crippen LogP contribution < -0.4 is 20.1 Å². The van der Waals surface area contributed by atoms with E-state index in [0.29, 0.717) is 31.2 Å². The number of methoxy groups -OCH3 is 3. The number of hydrogen-bond donors (Lipinski definition) is 2. The van der Waals surface area contributed by atoms with Crippen LogP contribution in [-0.4, -0.2) is 47.5 Å². The van der Waals surface area contributed by atoms with Crippen LogP contribution in [-0.2, 0) is 11.3 Å². The Bertz CT molecular complexity index is 481. The largest absolute Gasteiger partial charge is 0.493 e. The van der Waals surface area contributed by atoms with Gasteiger partial charge in [0.2, 0.25) is 0 Å². The number of nitrogens with zero attached hydrogens (tertiary/aromatic N) is 1. The number of guanidine groups is 1. The Labute approximate surface area is 134 Å². The summed E-state index contributed by atoms with van der Waals surface area (Å²) in [5, 5.41) is 6.38. The predicted molar refractivity (Wildman–Crippen MR) is 87.3 cm³/mol. The molecule has 21 heavy (non-hydrogen) atoms. The summed E-state index contributed by atoms with van der Waals surface area (Å²) in [4.78, 5) is 4.14. The monoisotopic (exact) mass is 359 g/mol. The zero-order valence-electron chi connectivity index (χ0n) is 12.8. The van der Waals surface area contributed by atoms with Crippen LogP contribution in [0.2, 0.25) is 0 Å². The summed E-state index contributed by atoms with van der Waals surface area (Å²) in [7, 11) is 6.63. The fourth-order valence-corrected chi connectivity index (χ4v) is 2.40. The summed E-state index contributed by atoms with van der Waals surface area (Å²) in [5.41, 5.74) is 1.05. The van der Waals surface area contributed by atoms with Crippen molar-refractivity contribution in [3.05, 3.63) is 22.2 Å². The van der Waals surface area contributed by atoms with Crippen LogP contribution in [0.3, 0.4) is 0 Å².